The molecule has 16 heavy (non-hydrogen) atoms. The normalized spacial score (nSPS) is 20.3. The van der Waals surface area contributed by atoms with E-state index in [4.69, 9.17) is 0 Å². The van der Waals surface area contributed by atoms with Crippen LogP contribution in [0.3, 0.4) is 0 Å². The Morgan fingerprint density at radius 2 is 2.12 bits per heavy atom. The van der Waals surface area contributed by atoms with Crippen molar-refractivity contribution in [1.82, 2.24) is 4.98 Å². The summed E-state index contributed by atoms with van der Waals surface area (Å²) in [5, 5.41) is 3.90. The van der Waals surface area contributed by atoms with E-state index in [1.54, 1.807) is 5.56 Å². The summed E-state index contributed by atoms with van der Waals surface area (Å²) < 4.78 is 0. The largest absolute Gasteiger partial charge is 0.353 e. The lowest BCUT2D eigenvalue weighted by Gasteiger charge is -2.23. The fourth-order valence-corrected chi connectivity index (χ4v) is 2.91. The Labute approximate surface area is 96.1 Å². The minimum absolute atomic E-state index is 0.608. The molecule has 3 rings (SSSR count). The van der Waals surface area contributed by atoms with Crippen LogP contribution in [0.1, 0.15) is 31.1 Å². The molecule has 3 N–H and O–H groups in total. The standard InChI is InChI=1S/C14H18N2/c1-9(2)13-14-11(7-8-15-13)10-5-3-4-6-12(10)16-14/h3-6,9,13,15-16H,7-8H2,1-2H3/p+1/t13-/m1/s1. The molecule has 0 bridgehead atoms. The average Bonchev–Trinajstić information content (AvgIpc) is 2.67. The molecule has 0 spiro atoms. The van der Waals surface area contributed by atoms with E-state index in [0.717, 1.165) is 0 Å². The third kappa shape index (κ3) is 1.37. The summed E-state index contributed by atoms with van der Waals surface area (Å²) in [6.07, 6.45) is 1.20. The van der Waals surface area contributed by atoms with Crippen LogP contribution in [-0.2, 0) is 6.42 Å². The van der Waals surface area contributed by atoms with Crippen molar-refractivity contribution in [2.75, 3.05) is 6.54 Å². The summed E-state index contributed by atoms with van der Waals surface area (Å²) in [6.45, 7) is 5.83. The zero-order valence-corrected chi connectivity index (χ0v) is 9.96. The lowest BCUT2D eigenvalue weighted by atomic mass is 9.92. The second kappa shape index (κ2) is 3.63. The predicted molar refractivity (Wildman–Crippen MR) is 66.4 cm³/mol. The highest BCUT2D eigenvalue weighted by Crippen LogP contribution is 2.30. The Morgan fingerprint density at radius 1 is 1.31 bits per heavy atom. The molecule has 0 amide bonds. The SMILES string of the molecule is CC(C)[C@H]1[NH2+]CCc2c1[nH]c1ccccc21. The Balaban J connectivity index is 2.21. The van der Waals surface area contributed by atoms with E-state index in [1.165, 1.54) is 29.6 Å². The fraction of sp³-hybridized carbons (Fsp3) is 0.429. The average molecular weight is 215 g/mol. The number of H-pyrrole nitrogens is 1. The van der Waals surface area contributed by atoms with Crippen LogP contribution in [0.2, 0.25) is 0 Å². The van der Waals surface area contributed by atoms with Crippen LogP contribution in [0, 0.1) is 5.92 Å². The number of benzene rings is 1. The van der Waals surface area contributed by atoms with Gasteiger partial charge in [0.1, 0.15) is 6.04 Å². The topological polar surface area (TPSA) is 32.4 Å². The number of nitrogens with two attached hydrogens (primary N) is 1. The highest BCUT2D eigenvalue weighted by atomic mass is 15.0. The van der Waals surface area contributed by atoms with Gasteiger partial charge in [-0.15, -0.1) is 0 Å². The summed E-state index contributed by atoms with van der Waals surface area (Å²) >= 11 is 0. The van der Waals surface area contributed by atoms with Crippen molar-refractivity contribution in [3.63, 3.8) is 0 Å². The van der Waals surface area contributed by atoms with E-state index in [0.29, 0.717) is 12.0 Å². The number of para-hydroxylation sites is 1. The molecule has 1 aromatic heterocycles. The van der Waals surface area contributed by atoms with Gasteiger partial charge in [0.2, 0.25) is 0 Å². The maximum atomic E-state index is 3.62. The lowest BCUT2D eigenvalue weighted by Crippen LogP contribution is -2.88. The van der Waals surface area contributed by atoms with Crippen molar-refractivity contribution in [3.05, 3.63) is 35.5 Å². The molecule has 0 unspecified atom stereocenters. The molecule has 1 aliphatic rings. The maximum Gasteiger partial charge on any atom is 0.129 e. The fourth-order valence-electron chi connectivity index (χ4n) is 2.91. The predicted octanol–water partition coefficient (Wildman–Crippen LogP) is 1.98. The van der Waals surface area contributed by atoms with Crippen molar-refractivity contribution in [1.29, 1.82) is 0 Å². The molecular formula is C14H19N2+. The van der Waals surface area contributed by atoms with E-state index < -0.39 is 0 Å². The molecule has 0 radical (unpaired) electrons. The highest BCUT2D eigenvalue weighted by Gasteiger charge is 2.28. The first-order chi connectivity index (χ1) is 7.77. The molecule has 1 aliphatic heterocycles. The van der Waals surface area contributed by atoms with Crippen LogP contribution in [0.4, 0.5) is 0 Å². The van der Waals surface area contributed by atoms with Crippen LogP contribution in [0.5, 0.6) is 0 Å². The van der Waals surface area contributed by atoms with Gasteiger partial charge < -0.3 is 10.3 Å². The van der Waals surface area contributed by atoms with Gasteiger partial charge in [-0.3, -0.25) is 0 Å². The van der Waals surface area contributed by atoms with E-state index in [1.807, 2.05) is 0 Å². The van der Waals surface area contributed by atoms with Gasteiger partial charge >= 0.3 is 0 Å². The first-order valence-corrected chi connectivity index (χ1v) is 6.20. The Bertz CT molecular complexity index is 510. The molecule has 0 fully saturated rings. The van der Waals surface area contributed by atoms with Crippen molar-refractivity contribution in [3.8, 4) is 0 Å². The van der Waals surface area contributed by atoms with Gasteiger partial charge in [0.25, 0.3) is 0 Å². The van der Waals surface area contributed by atoms with Gasteiger partial charge in [-0.05, 0) is 11.6 Å². The number of aromatic amines is 1. The zero-order chi connectivity index (χ0) is 11.1. The van der Waals surface area contributed by atoms with Crippen LogP contribution in [0.25, 0.3) is 10.9 Å². The van der Waals surface area contributed by atoms with Crippen LogP contribution >= 0.6 is 0 Å². The Morgan fingerprint density at radius 3 is 2.94 bits per heavy atom. The third-order valence-corrected chi connectivity index (χ3v) is 3.71. The summed E-state index contributed by atoms with van der Waals surface area (Å²) in [5.41, 5.74) is 4.31. The summed E-state index contributed by atoms with van der Waals surface area (Å²) in [7, 11) is 0. The summed E-state index contributed by atoms with van der Waals surface area (Å²) in [6, 6.07) is 9.28. The molecule has 1 atom stereocenters. The minimum Gasteiger partial charge on any atom is -0.353 e. The first kappa shape index (κ1) is 9.91. The van der Waals surface area contributed by atoms with Crippen molar-refractivity contribution in [2.45, 2.75) is 26.3 Å². The van der Waals surface area contributed by atoms with Crippen molar-refractivity contribution < 1.29 is 5.32 Å². The zero-order valence-electron chi connectivity index (χ0n) is 9.96. The third-order valence-electron chi connectivity index (χ3n) is 3.71. The molecular weight excluding hydrogens is 196 g/mol. The van der Waals surface area contributed by atoms with Crippen LogP contribution in [-0.4, -0.2) is 11.5 Å². The molecule has 2 heterocycles. The van der Waals surface area contributed by atoms with Gasteiger partial charge in [-0.1, -0.05) is 32.0 Å². The molecule has 0 aliphatic carbocycles. The van der Waals surface area contributed by atoms with Crippen molar-refractivity contribution >= 4 is 10.9 Å². The van der Waals surface area contributed by atoms with E-state index in [-0.39, 0.29) is 0 Å². The first-order valence-electron chi connectivity index (χ1n) is 6.20. The van der Waals surface area contributed by atoms with E-state index >= 15 is 0 Å². The molecule has 2 aromatic rings. The number of hydrogen-bond donors (Lipinski definition) is 2. The van der Waals surface area contributed by atoms with Crippen LogP contribution in [0.15, 0.2) is 24.3 Å². The molecule has 1 aromatic carbocycles. The second-order valence-electron chi connectivity index (χ2n) is 5.11. The van der Waals surface area contributed by atoms with E-state index in [9.17, 15) is 0 Å². The quantitative estimate of drug-likeness (QED) is 0.729. The van der Waals surface area contributed by atoms with Gasteiger partial charge in [0, 0.05) is 23.2 Å². The number of nitrogens with one attached hydrogen (secondary N) is 1. The number of fused-ring (bicyclic) bond motifs is 3. The number of aromatic nitrogens is 1. The number of quaternary nitrogens is 1. The second-order valence-corrected chi connectivity index (χ2v) is 5.11. The van der Waals surface area contributed by atoms with E-state index in [2.05, 4.69) is 48.4 Å². The molecule has 2 nitrogen and oxygen atoms in total. The Hall–Kier alpha value is -1.28. The van der Waals surface area contributed by atoms with Gasteiger partial charge in [-0.2, -0.15) is 0 Å². The van der Waals surface area contributed by atoms with Gasteiger partial charge in [-0.25, -0.2) is 0 Å². The number of hydrogen-bond acceptors (Lipinski definition) is 0. The maximum absolute atomic E-state index is 3.62. The Kier molecular flexibility index (Phi) is 2.25. The van der Waals surface area contributed by atoms with Gasteiger partial charge in [0.15, 0.2) is 0 Å². The highest BCUT2D eigenvalue weighted by molar-refractivity contribution is 5.84. The van der Waals surface area contributed by atoms with Crippen LogP contribution < -0.4 is 5.32 Å². The molecule has 84 valence electrons. The molecule has 0 saturated carbocycles. The summed E-state index contributed by atoms with van der Waals surface area (Å²) in [4.78, 5) is 3.62. The van der Waals surface area contributed by atoms with Crippen molar-refractivity contribution in [2.24, 2.45) is 5.92 Å². The molecule has 0 saturated heterocycles. The lowest BCUT2D eigenvalue weighted by molar-refractivity contribution is -0.705. The summed E-state index contributed by atoms with van der Waals surface area (Å²) in [5.74, 6) is 0.687. The minimum atomic E-state index is 0.608. The van der Waals surface area contributed by atoms with Gasteiger partial charge in [0.05, 0.1) is 12.2 Å². The number of rotatable bonds is 1. The molecule has 2 heteroatoms. The monoisotopic (exact) mass is 215 g/mol. The smallest absolute Gasteiger partial charge is 0.129 e.